The first kappa shape index (κ1) is 24.4. The van der Waals surface area contributed by atoms with Crippen molar-refractivity contribution < 1.29 is 9.53 Å². The predicted molar refractivity (Wildman–Crippen MR) is 137 cm³/mol. The van der Waals surface area contributed by atoms with E-state index in [-0.39, 0.29) is 11.1 Å². The van der Waals surface area contributed by atoms with Crippen LogP contribution in [-0.2, 0) is 4.74 Å². The first-order valence-corrected chi connectivity index (χ1v) is 14.4. The second-order valence-corrected chi connectivity index (χ2v) is 16.4. The number of carbonyl (C=O) groups is 1. The van der Waals surface area contributed by atoms with Gasteiger partial charge in [0, 0.05) is 27.7 Å². The van der Waals surface area contributed by atoms with Crippen LogP contribution in [0.3, 0.4) is 0 Å². The van der Waals surface area contributed by atoms with Gasteiger partial charge in [-0.25, -0.2) is 4.79 Å². The number of nitrogens with one attached hydrogen (secondary N) is 1. The summed E-state index contributed by atoms with van der Waals surface area (Å²) >= 11 is 6.15. The van der Waals surface area contributed by atoms with Gasteiger partial charge in [-0.3, -0.25) is 0 Å². The van der Waals surface area contributed by atoms with Crippen LogP contribution in [0.15, 0.2) is 54.7 Å². The molecular weight excluding hydrogens is 436 g/mol. The lowest BCUT2D eigenvalue weighted by Gasteiger charge is -2.38. The molecule has 0 spiro atoms. The number of amides is 1. The summed E-state index contributed by atoms with van der Waals surface area (Å²) in [5.41, 5.74) is 2.63. The van der Waals surface area contributed by atoms with Crippen molar-refractivity contribution in [2.45, 2.75) is 71.3 Å². The zero-order valence-electron chi connectivity index (χ0n) is 20.4. The Labute approximate surface area is 198 Å². The van der Waals surface area contributed by atoms with Crippen molar-refractivity contribution in [1.29, 1.82) is 0 Å². The number of hydrogen-bond donors (Lipinski definition) is 1. The number of carbonyl (C=O) groups excluding carboxylic acids is 1. The van der Waals surface area contributed by atoms with Crippen molar-refractivity contribution in [2.75, 3.05) is 0 Å². The summed E-state index contributed by atoms with van der Waals surface area (Å²) in [6.07, 6.45) is 1.79. The Morgan fingerprint density at radius 1 is 1.00 bits per heavy atom. The summed E-state index contributed by atoms with van der Waals surface area (Å²) in [4.78, 5) is 12.8. The van der Waals surface area contributed by atoms with Crippen molar-refractivity contribution in [1.82, 2.24) is 9.55 Å². The van der Waals surface area contributed by atoms with E-state index in [0.29, 0.717) is 5.02 Å². The van der Waals surface area contributed by atoms with Crippen molar-refractivity contribution >= 4 is 36.8 Å². The Kier molecular flexibility index (Phi) is 6.56. The maximum atomic E-state index is 12.8. The zero-order chi connectivity index (χ0) is 23.9. The van der Waals surface area contributed by atoms with Gasteiger partial charge in [-0.2, -0.15) is 0 Å². The van der Waals surface area contributed by atoms with E-state index in [1.807, 2.05) is 51.1 Å². The van der Waals surface area contributed by atoms with Crippen molar-refractivity contribution in [3.63, 3.8) is 0 Å². The van der Waals surface area contributed by atoms with E-state index in [9.17, 15) is 4.79 Å². The van der Waals surface area contributed by atoms with E-state index in [1.165, 1.54) is 5.52 Å². The Morgan fingerprint density at radius 3 is 2.16 bits per heavy atom. The number of aromatic nitrogens is 1. The van der Waals surface area contributed by atoms with Crippen molar-refractivity contribution in [2.24, 2.45) is 0 Å². The molecule has 0 fully saturated rings. The maximum Gasteiger partial charge on any atom is 0.408 e. The predicted octanol–water partition coefficient (Wildman–Crippen LogP) is 7.76. The average Bonchev–Trinajstić information content (AvgIpc) is 3.05. The standard InChI is InChI=1S/C26H35ClN2O2Si/c1-25(2,3)31-24(30)28-23(18-13-15-19(27)16-14-18)21-17-29(32(7,8)26(4,5)6)22-12-10-9-11-20(21)22/h9-17,23H,1-8H3,(H,28,30). The molecule has 0 bridgehead atoms. The fraction of sp³-hybridized carbons (Fsp3) is 0.423. The number of fused-ring (bicyclic) bond motifs is 1. The van der Waals surface area contributed by atoms with Gasteiger partial charge in [-0.05, 0) is 49.6 Å². The first-order valence-electron chi connectivity index (χ1n) is 11.1. The van der Waals surface area contributed by atoms with Crippen LogP contribution < -0.4 is 5.32 Å². The molecule has 3 aromatic rings. The molecule has 0 aliphatic heterocycles. The molecule has 172 valence electrons. The van der Waals surface area contributed by atoms with Crippen LogP contribution >= 0.6 is 11.6 Å². The molecule has 1 aromatic heterocycles. The van der Waals surface area contributed by atoms with Crippen molar-refractivity contribution in [3.8, 4) is 0 Å². The van der Waals surface area contributed by atoms with Gasteiger partial charge >= 0.3 is 6.09 Å². The summed E-state index contributed by atoms with van der Waals surface area (Å²) in [6.45, 7) is 17.3. The molecule has 4 nitrogen and oxygen atoms in total. The molecule has 0 aliphatic rings. The third kappa shape index (κ3) is 5.05. The number of ether oxygens (including phenoxy) is 1. The molecule has 0 saturated carbocycles. The minimum atomic E-state index is -1.91. The minimum Gasteiger partial charge on any atom is -0.444 e. The van der Waals surface area contributed by atoms with E-state index >= 15 is 0 Å². The molecule has 1 atom stereocenters. The molecule has 6 heteroatoms. The fourth-order valence-electron chi connectivity index (χ4n) is 3.68. The molecule has 32 heavy (non-hydrogen) atoms. The Balaban J connectivity index is 2.19. The smallest absolute Gasteiger partial charge is 0.408 e. The first-order chi connectivity index (χ1) is 14.7. The highest BCUT2D eigenvalue weighted by atomic mass is 35.5. The molecule has 0 aliphatic carbocycles. The van der Waals surface area contributed by atoms with Gasteiger partial charge in [0.05, 0.1) is 6.04 Å². The summed E-state index contributed by atoms with van der Waals surface area (Å²) in [7, 11) is -1.91. The number of nitrogens with zero attached hydrogens (tertiary/aromatic N) is 1. The lowest BCUT2D eigenvalue weighted by atomic mass is 9.98. The highest BCUT2D eigenvalue weighted by Crippen LogP contribution is 2.41. The second-order valence-electron chi connectivity index (χ2n) is 10.9. The van der Waals surface area contributed by atoms with Gasteiger partial charge in [0.2, 0.25) is 0 Å². The molecule has 2 aromatic carbocycles. The summed E-state index contributed by atoms with van der Waals surface area (Å²) < 4.78 is 8.07. The number of para-hydroxylation sites is 1. The van der Waals surface area contributed by atoms with E-state index in [1.54, 1.807) is 0 Å². The van der Waals surface area contributed by atoms with Gasteiger partial charge in [0.25, 0.3) is 0 Å². The maximum absolute atomic E-state index is 12.8. The molecular formula is C26H35ClN2O2Si. The zero-order valence-corrected chi connectivity index (χ0v) is 22.2. The number of rotatable bonds is 4. The van der Waals surface area contributed by atoms with Crippen molar-refractivity contribution in [3.05, 3.63) is 70.9 Å². The van der Waals surface area contributed by atoms with Gasteiger partial charge in [0.1, 0.15) is 5.60 Å². The third-order valence-electron chi connectivity index (χ3n) is 6.36. The number of hydrogen-bond acceptors (Lipinski definition) is 2. The Hall–Kier alpha value is -2.24. The van der Waals surface area contributed by atoms with E-state index in [0.717, 1.165) is 16.5 Å². The highest BCUT2D eigenvalue weighted by molar-refractivity contribution is 6.79. The topological polar surface area (TPSA) is 43.3 Å². The van der Waals surface area contributed by atoms with Gasteiger partial charge in [-0.1, -0.05) is 75.8 Å². The molecule has 3 rings (SSSR count). The van der Waals surface area contributed by atoms with Crippen LogP contribution in [0.1, 0.15) is 58.7 Å². The molecule has 0 saturated heterocycles. The number of halogens is 1. The van der Waals surface area contributed by atoms with E-state index in [4.69, 9.17) is 16.3 Å². The molecule has 1 N–H and O–H groups in total. The van der Waals surface area contributed by atoms with Crippen LogP contribution in [0.25, 0.3) is 10.9 Å². The molecule has 1 heterocycles. The SMILES string of the molecule is CC(C)(C)OC(=O)NC(c1ccc(Cl)cc1)c1cn([Si](C)(C)C(C)(C)C)c2ccccc12. The van der Waals surface area contributed by atoms with Gasteiger partial charge < -0.3 is 14.3 Å². The van der Waals surface area contributed by atoms with Crippen LogP contribution in [-0.4, -0.2) is 24.2 Å². The second kappa shape index (κ2) is 8.60. The monoisotopic (exact) mass is 470 g/mol. The lowest BCUT2D eigenvalue weighted by Crippen LogP contribution is -2.45. The normalized spacial score (nSPS) is 13.8. The van der Waals surface area contributed by atoms with Gasteiger partial charge in [-0.15, -0.1) is 0 Å². The average molecular weight is 471 g/mol. The summed E-state index contributed by atoms with van der Waals surface area (Å²) in [5.74, 6) is 0. The van der Waals surface area contributed by atoms with Crippen LogP contribution in [0.2, 0.25) is 23.2 Å². The summed E-state index contributed by atoms with van der Waals surface area (Å²) in [6, 6.07) is 15.7. The Morgan fingerprint density at radius 2 is 1.59 bits per heavy atom. The quantitative estimate of drug-likeness (QED) is 0.396. The van der Waals surface area contributed by atoms with E-state index < -0.39 is 19.9 Å². The van der Waals surface area contributed by atoms with E-state index in [2.05, 4.69) is 67.8 Å². The largest absolute Gasteiger partial charge is 0.444 e. The molecule has 0 radical (unpaired) electrons. The Bertz CT molecular complexity index is 1110. The fourth-order valence-corrected chi connectivity index (χ4v) is 5.79. The molecule has 1 unspecified atom stereocenters. The van der Waals surface area contributed by atoms with Crippen LogP contribution in [0, 0.1) is 0 Å². The van der Waals surface area contributed by atoms with Crippen LogP contribution in [0.5, 0.6) is 0 Å². The number of alkyl carbamates (subject to hydrolysis) is 1. The van der Waals surface area contributed by atoms with Gasteiger partial charge in [0.15, 0.2) is 8.24 Å². The van der Waals surface area contributed by atoms with Crippen LogP contribution in [0.4, 0.5) is 4.79 Å². The lowest BCUT2D eigenvalue weighted by molar-refractivity contribution is 0.0512. The third-order valence-corrected chi connectivity index (χ3v) is 11.9. The summed E-state index contributed by atoms with van der Waals surface area (Å²) in [5, 5.41) is 5.07. The minimum absolute atomic E-state index is 0.153. The highest BCUT2D eigenvalue weighted by Gasteiger charge is 2.39. The molecule has 1 amide bonds. The number of benzene rings is 2.